The van der Waals surface area contributed by atoms with Crippen molar-refractivity contribution in [3.8, 4) is 0 Å². The van der Waals surface area contributed by atoms with E-state index in [4.69, 9.17) is 22.7 Å². The summed E-state index contributed by atoms with van der Waals surface area (Å²) in [4.78, 5) is 8.63. The number of aryl methyl sites for hydroxylation is 1. The van der Waals surface area contributed by atoms with Crippen molar-refractivity contribution in [3.63, 3.8) is 0 Å². The van der Waals surface area contributed by atoms with E-state index in [0.29, 0.717) is 24.8 Å². The molecule has 1 rings (SSSR count). The van der Waals surface area contributed by atoms with Crippen LogP contribution in [-0.2, 0) is 4.74 Å². The van der Waals surface area contributed by atoms with E-state index in [0.717, 1.165) is 5.69 Å². The SMILES string of the molecule is COCCNc1nc(C)cc(C(N)=S)n1. The molecule has 0 aliphatic rings. The Balaban J connectivity index is 2.75. The predicted molar refractivity (Wildman–Crippen MR) is 63.0 cm³/mol. The van der Waals surface area contributed by atoms with Crippen molar-refractivity contribution in [1.29, 1.82) is 0 Å². The van der Waals surface area contributed by atoms with E-state index < -0.39 is 0 Å². The predicted octanol–water partition coefficient (Wildman–Crippen LogP) is 0.478. The van der Waals surface area contributed by atoms with Gasteiger partial charge >= 0.3 is 0 Å². The van der Waals surface area contributed by atoms with Gasteiger partial charge in [-0.3, -0.25) is 0 Å². The average Bonchev–Trinajstić information content (AvgIpc) is 2.17. The highest BCUT2D eigenvalue weighted by Gasteiger charge is 2.03. The third-order valence-electron chi connectivity index (χ3n) is 1.70. The summed E-state index contributed by atoms with van der Waals surface area (Å²) in [5, 5.41) is 3.02. The number of anilines is 1. The standard InChI is InChI=1S/C9H14N4OS/c1-6-5-7(8(10)15)13-9(12-6)11-3-4-14-2/h5H,3-4H2,1-2H3,(H2,10,15)(H,11,12,13). The average molecular weight is 226 g/mol. The molecule has 82 valence electrons. The third-order valence-corrected chi connectivity index (χ3v) is 1.91. The van der Waals surface area contributed by atoms with E-state index in [2.05, 4.69) is 15.3 Å². The van der Waals surface area contributed by atoms with E-state index in [1.54, 1.807) is 13.2 Å². The van der Waals surface area contributed by atoms with Crippen LogP contribution in [-0.4, -0.2) is 35.2 Å². The Morgan fingerprint density at radius 1 is 1.60 bits per heavy atom. The molecule has 0 spiro atoms. The highest BCUT2D eigenvalue weighted by atomic mass is 32.1. The molecule has 5 nitrogen and oxygen atoms in total. The lowest BCUT2D eigenvalue weighted by atomic mass is 10.3. The van der Waals surface area contributed by atoms with Crippen LogP contribution in [0.3, 0.4) is 0 Å². The van der Waals surface area contributed by atoms with Gasteiger partial charge < -0.3 is 15.8 Å². The van der Waals surface area contributed by atoms with Crippen LogP contribution in [0.25, 0.3) is 0 Å². The van der Waals surface area contributed by atoms with Crippen molar-refractivity contribution >= 4 is 23.2 Å². The number of aromatic nitrogens is 2. The second-order valence-electron chi connectivity index (χ2n) is 3.00. The van der Waals surface area contributed by atoms with Crippen LogP contribution in [0, 0.1) is 6.92 Å². The van der Waals surface area contributed by atoms with Crippen LogP contribution in [0.2, 0.25) is 0 Å². The molecule has 0 amide bonds. The van der Waals surface area contributed by atoms with Gasteiger partial charge in [0, 0.05) is 19.3 Å². The smallest absolute Gasteiger partial charge is 0.223 e. The van der Waals surface area contributed by atoms with Crippen molar-refractivity contribution in [2.45, 2.75) is 6.92 Å². The molecule has 3 N–H and O–H groups in total. The molecular formula is C9H14N4OS. The Bertz CT molecular complexity index is 356. The normalized spacial score (nSPS) is 10.0. The fraction of sp³-hybridized carbons (Fsp3) is 0.444. The van der Waals surface area contributed by atoms with Crippen molar-refractivity contribution < 1.29 is 4.74 Å². The van der Waals surface area contributed by atoms with Gasteiger partial charge in [0.05, 0.1) is 6.61 Å². The zero-order chi connectivity index (χ0) is 11.3. The monoisotopic (exact) mass is 226 g/mol. The summed E-state index contributed by atoms with van der Waals surface area (Å²) in [5.74, 6) is 0.523. The van der Waals surface area contributed by atoms with Crippen molar-refractivity contribution in [1.82, 2.24) is 9.97 Å². The molecule has 0 bridgehead atoms. The second-order valence-corrected chi connectivity index (χ2v) is 3.44. The molecule has 6 heteroatoms. The Morgan fingerprint density at radius 2 is 2.33 bits per heavy atom. The topological polar surface area (TPSA) is 73.1 Å². The Labute approximate surface area is 94.1 Å². The molecular weight excluding hydrogens is 212 g/mol. The first kappa shape index (κ1) is 11.8. The van der Waals surface area contributed by atoms with Gasteiger partial charge in [0.25, 0.3) is 0 Å². The van der Waals surface area contributed by atoms with Gasteiger partial charge in [0.2, 0.25) is 5.95 Å². The molecule has 15 heavy (non-hydrogen) atoms. The second kappa shape index (κ2) is 5.57. The molecule has 1 aromatic rings. The van der Waals surface area contributed by atoms with Crippen LogP contribution in [0.5, 0.6) is 0 Å². The van der Waals surface area contributed by atoms with E-state index in [1.807, 2.05) is 6.92 Å². The summed E-state index contributed by atoms with van der Waals surface area (Å²) in [6.45, 7) is 3.11. The minimum Gasteiger partial charge on any atom is -0.388 e. The highest BCUT2D eigenvalue weighted by molar-refractivity contribution is 7.80. The molecule has 0 aromatic carbocycles. The number of nitrogens with zero attached hydrogens (tertiary/aromatic N) is 2. The molecule has 0 fully saturated rings. The van der Waals surface area contributed by atoms with Crippen LogP contribution in [0.1, 0.15) is 11.4 Å². The minimum atomic E-state index is 0.273. The van der Waals surface area contributed by atoms with E-state index >= 15 is 0 Å². The van der Waals surface area contributed by atoms with Crippen molar-refractivity contribution in [2.75, 3.05) is 25.6 Å². The first-order valence-corrected chi connectivity index (χ1v) is 4.92. The lowest BCUT2D eigenvalue weighted by Gasteiger charge is -2.06. The summed E-state index contributed by atoms with van der Waals surface area (Å²) in [6.07, 6.45) is 0. The molecule has 0 saturated heterocycles. The lowest BCUT2D eigenvalue weighted by molar-refractivity contribution is 0.210. The molecule has 0 atom stereocenters. The van der Waals surface area contributed by atoms with Gasteiger partial charge in [0.1, 0.15) is 10.7 Å². The van der Waals surface area contributed by atoms with Crippen molar-refractivity contribution in [3.05, 3.63) is 17.5 Å². The zero-order valence-corrected chi connectivity index (χ0v) is 9.60. The van der Waals surface area contributed by atoms with Gasteiger partial charge in [-0.1, -0.05) is 12.2 Å². The number of hydrogen-bond acceptors (Lipinski definition) is 5. The zero-order valence-electron chi connectivity index (χ0n) is 8.78. The molecule has 0 saturated carbocycles. The summed E-state index contributed by atoms with van der Waals surface area (Å²) in [6, 6.07) is 1.75. The minimum absolute atomic E-state index is 0.273. The van der Waals surface area contributed by atoms with Crippen LogP contribution >= 0.6 is 12.2 Å². The third kappa shape index (κ3) is 3.77. The van der Waals surface area contributed by atoms with Gasteiger partial charge in [0.15, 0.2) is 0 Å². The largest absolute Gasteiger partial charge is 0.388 e. The lowest BCUT2D eigenvalue weighted by Crippen LogP contribution is -2.16. The molecule has 0 aliphatic carbocycles. The first-order chi connectivity index (χ1) is 7.13. The molecule has 0 radical (unpaired) electrons. The number of nitrogens with two attached hydrogens (primary N) is 1. The first-order valence-electron chi connectivity index (χ1n) is 4.52. The van der Waals surface area contributed by atoms with E-state index in [1.165, 1.54) is 0 Å². The maximum atomic E-state index is 5.50. The molecule has 0 unspecified atom stereocenters. The maximum Gasteiger partial charge on any atom is 0.223 e. The Morgan fingerprint density at radius 3 is 2.93 bits per heavy atom. The molecule has 1 heterocycles. The van der Waals surface area contributed by atoms with Crippen LogP contribution in [0.15, 0.2) is 6.07 Å². The summed E-state index contributed by atoms with van der Waals surface area (Å²) < 4.78 is 4.90. The number of hydrogen-bond donors (Lipinski definition) is 2. The molecule has 1 aromatic heterocycles. The van der Waals surface area contributed by atoms with Gasteiger partial charge in [-0.15, -0.1) is 0 Å². The fourth-order valence-electron chi connectivity index (χ4n) is 1.04. The number of methoxy groups -OCH3 is 1. The van der Waals surface area contributed by atoms with Crippen LogP contribution < -0.4 is 11.1 Å². The number of nitrogens with one attached hydrogen (secondary N) is 1. The number of ether oxygens (including phenoxy) is 1. The maximum absolute atomic E-state index is 5.50. The highest BCUT2D eigenvalue weighted by Crippen LogP contribution is 2.04. The van der Waals surface area contributed by atoms with Gasteiger partial charge in [-0.25, -0.2) is 9.97 Å². The Kier molecular flexibility index (Phi) is 4.38. The van der Waals surface area contributed by atoms with E-state index in [-0.39, 0.29) is 4.99 Å². The van der Waals surface area contributed by atoms with Crippen molar-refractivity contribution in [2.24, 2.45) is 5.73 Å². The summed E-state index contributed by atoms with van der Waals surface area (Å²) in [5.41, 5.74) is 6.90. The van der Waals surface area contributed by atoms with E-state index in [9.17, 15) is 0 Å². The Hall–Kier alpha value is -1.27. The number of rotatable bonds is 5. The van der Waals surface area contributed by atoms with Gasteiger partial charge in [-0.2, -0.15) is 0 Å². The number of thiocarbonyl (C=S) groups is 1. The molecule has 0 aliphatic heterocycles. The van der Waals surface area contributed by atoms with Gasteiger partial charge in [-0.05, 0) is 13.0 Å². The quantitative estimate of drug-likeness (QED) is 0.562. The fourth-order valence-corrected chi connectivity index (χ4v) is 1.14. The summed E-state index contributed by atoms with van der Waals surface area (Å²) >= 11 is 4.85. The van der Waals surface area contributed by atoms with Crippen LogP contribution in [0.4, 0.5) is 5.95 Å². The summed E-state index contributed by atoms with van der Waals surface area (Å²) in [7, 11) is 1.64.